The molecule has 0 unspecified atom stereocenters. The molecular weight excluding hydrogens is 338 g/mol. The maximum Gasteiger partial charge on any atom is 0.270 e. The number of allylic oxidation sites excluding steroid dienone is 1. The van der Waals surface area contributed by atoms with Crippen molar-refractivity contribution < 1.29 is 4.79 Å². The number of nitrogens with zero attached hydrogens (tertiary/aromatic N) is 3. The molecule has 3 rings (SSSR count). The monoisotopic (exact) mass is 361 g/mol. The van der Waals surface area contributed by atoms with Crippen LogP contribution < -0.4 is 10.6 Å². The topological polar surface area (TPSA) is 90.7 Å². The number of benzene rings is 1. The van der Waals surface area contributed by atoms with E-state index in [9.17, 15) is 10.1 Å². The smallest absolute Gasteiger partial charge is 0.270 e. The number of aromatic nitrogens is 2. The van der Waals surface area contributed by atoms with E-state index in [4.69, 9.17) is 0 Å². The minimum Gasteiger partial charge on any atom is -0.350 e. The first-order chi connectivity index (χ1) is 13.2. The average molecular weight is 361 g/mol. The number of anilines is 2. The molecule has 0 spiro atoms. The predicted octanol–water partition coefficient (Wildman–Crippen LogP) is 4.02. The molecule has 0 saturated carbocycles. The predicted molar refractivity (Wildman–Crippen MR) is 105 cm³/mol. The Balaban J connectivity index is 1.66. The summed E-state index contributed by atoms with van der Waals surface area (Å²) >= 11 is 0. The van der Waals surface area contributed by atoms with Crippen molar-refractivity contribution in [3.8, 4) is 6.07 Å². The van der Waals surface area contributed by atoms with Gasteiger partial charge in [0.15, 0.2) is 0 Å². The lowest BCUT2D eigenvalue weighted by Crippen LogP contribution is -2.26. The van der Waals surface area contributed by atoms with Gasteiger partial charge in [-0.05, 0) is 57.2 Å². The molecule has 2 N–H and O–H groups in total. The first-order valence-electron chi connectivity index (χ1n) is 9.23. The minimum atomic E-state index is -0.214. The number of nitriles is 1. The highest BCUT2D eigenvalue weighted by Gasteiger charge is 2.12. The van der Waals surface area contributed by atoms with Crippen LogP contribution in [0.1, 0.15) is 53.8 Å². The van der Waals surface area contributed by atoms with E-state index >= 15 is 0 Å². The quantitative estimate of drug-likeness (QED) is 0.758. The summed E-state index contributed by atoms with van der Waals surface area (Å²) in [6.07, 6.45) is 7.96. The number of aryl methyl sites for hydroxylation is 1. The molecule has 1 aromatic heterocycles. The summed E-state index contributed by atoms with van der Waals surface area (Å²) in [5.74, 6) is 0.0892. The number of amides is 1. The Hall–Kier alpha value is -3.20. The zero-order valence-electron chi connectivity index (χ0n) is 15.5. The highest BCUT2D eigenvalue weighted by molar-refractivity contribution is 5.92. The molecule has 0 atom stereocenters. The lowest BCUT2D eigenvalue weighted by Gasteiger charge is -2.13. The van der Waals surface area contributed by atoms with Crippen LogP contribution >= 0.6 is 0 Å². The molecule has 1 heterocycles. The van der Waals surface area contributed by atoms with Crippen molar-refractivity contribution >= 4 is 17.5 Å². The van der Waals surface area contributed by atoms with Gasteiger partial charge < -0.3 is 10.6 Å². The van der Waals surface area contributed by atoms with Crippen molar-refractivity contribution in [2.45, 2.75) is 39.0 Å². The highest BCUT2D eigenvalue weighted by Crippen LogP contribution is 2.20. The van der Waals surface area contributed by atoms with Crippen molar-refractivity contribution in [3.63, 3.8) is 0 Å². The van der Waals surface area contributed by atoms with Gasteiger partial charge in [-0.1, -0.05) is 23.8 Å². The molecule has 0 saturated heterocycles. The van der Waals surface area contributed by atoms with Crippen molar-refractivity contribution in [1.29, 1.82) is 5.26 Å². The zero-order chi connectivity index (χ0) is 19.1. The fourth-order valence-corrected chi connectivity index (χ4v) is 3.11. The molecular formula is C21H23N5O. The second-order valence-corrected chi connectivity index (χ2v) is 6.61. The molecule has 138 valence electrons. The Morgan fingerprint density at radius 3 is 2.89 bits per heavy atom. The average Bonchev–Trinajstić information content (AvgIpc) is 2.68. The van der Waals surface area contributed by atoms with Crippen molar-refractivity contribution in [2.24, 2.45) is 0 Å². The van der Waals surface area contributed by atoms with Crippen LogP contribution in [0.3, 0.4) is 0 Å². The summed E-state index contributed by atoms with van der Waals surface area (Å²) < 4.78 is 0. The van der Waals surface area contributed by atoms with E-state index < -0.39 is 0 Å². The van der Waals surface area contributed by atoms with Gasteiger partial charge in [0.1, 0.15) is 11.8 Å². The van der Waals surface area contributed by atoms with Crippen molar-refractivity contribution in [1.82, 2.24) is 15.3 Å². The van der Waals surface area contributed by atoms with Crippen LogP contribution in [-0.4, -0.2) is 22.4 Å². The fourth-order valence-electron chi connectivity index (χ4n) is 3.11. The molecule has 0 radical (unpaired) electrons. The zero-order valence-corrected chi connectivity index (χ0v) is 15.5. The van der Waals surface area contributed by atoms with Gasteiger partial charge in [0.25, 0.3) is 5.91 Å². The highest BCUT2D eigenvalue weighted by atomic mass is 16.1. The lowest BCUT2D eigenvalue weighted by molar-refractivity contribution is 0.0949. The Morgan fingerprint density at radius 2 is 2.11 bits per heavy atom. The third kappa shape index (κ3) is 5.14. The molecule has 0 aliphatic heterocycles. The summed E-state index contributed by atoms with van der Waals surface area (Å²) in [5.41, 5.74) is 3.53. The van der Waals surface area contributed by atoms with Crippen LogP contribution in [-0.2, 0) is 0 Å². The molecule has 1 amide bonds. The molecule has 6 heteroatoms. The summed E-state index contributed by atoms with van der Waals surface area (Å²) in [5, 5.41) is 15.2. The van der Waals surface area contributed by atoms with Crippen LogP contribution in [0.4, 0.5) is 11.6 Å². The van der Waals surface area contributed by atoms with E-state index in [1.165, 1.54) is 18.4 Å². The second-order valence-electron chi connectivity index (χ2n) is 6.61. The minimum absolute atomic E-state index is 0.214. The maximum atomic E-state index is 12.5. The molecule has 2 aromatic rings. The second kappa shape index (κ2) is 8.95. The number of hydrogen-bond donors (Lipinski definition) is 2. The van der Waals surface area contributed by atoms with Gasteiger partial charge in [-0.2, -0.15) is 5.26 Å². The summed E-state index contributed by atoms with van der Waals surface area (Å²) in [4.78, 5) is 21.1. The van der Waals surface area contributed by atoms with Crippen molar-refractivity contribution in [3.05, 3.63) is 58.9 Å². The molecule has 27 heavy (non-hydrogen) atoms. The Kier molecular flexibility index (Phi) is 6.16. The van der Waals surface area contributed by atoms with Gasteiger partial charge in [0.2, 0.25) is 5.95 Å². The molecule has 1 aliphatic rings. The summed E-state index contributed by atoms with van der Waals surface area (Å²) in [6, 6.07) is 10.9. The van der Waals surface area contributed by atoms with Gasteiger partial charge in [-0.3, -0.25) is 4.79 Å². The normalized spacial score (nSPS) is 13.4. The number of para-hydroxylation sites is 1. The number of nitrogens with one attached hydrogen (secondary N) is 2. The van der Waals surface area contributed by atoms with Gasteiger partial charge in [-0.25, -0.2) is 9.97 Å². The van der Waals surface area contributed by atoms with E-state index in [-0.39, 0.29) is 5.91 Å². The van der Waals surface area contributed by atoms with Gasteiger partial charge in [0, 0.05) is 12.2 Å². The number of carbonyl (C=O) groups excluding carboxylic acids is 1. The van der Waals surface area contributed by atoms with Crippen LogP contribution in [0.5, 0.6) is 0 Å². The Bertz CT molecular complexity index is 898. The SMILES string of the molecule is Cc1cc(C(=O)NCCC2=CCCCC2)nc(Nc2ccccc2C#N)n1. The standard InChI is InChI=1S/C21H23N5O/c1-15-13-19(20(27)23-12-11-16-7-3-2-4-8-16)26-21(24-15)25-18-10-6-5-9-17(18)14-22/h5-7,9-10,13H,2-4,8,11-12H2,1H3,(H,23,27)(H,24,25,26). The molecule has 0 fully saturated rings. The van der Waals surface area contributed by atoms with Crippen LogP contribution in [0, 0.1) is 18.3 Å². The lowest BCUT2D eigenvalue weighted by atomic mass is 9.97. The Labute approximate surface area is 159 Å². The maximum absolute atomic E-state index is 12.5. The van der Waals surface area contributed by atoms with Gasteiger partial charge in [-0.15, -0.1) is 0 Å². The van der Waals surface area contributed by atoms with E-state index in [2.05, 4.69) is 32.7 Å². The van der Waals surface area contributed by atoms with Gasteiger partial charge in [0.05, 0.1) is 11.3 Å². The van der Waals surface area contributed by atoms with Crippen LogP contribution in [0.25, 0.3) is 0 Å². The third-order valence-electron chi connectivity index (χ3n) is 4.50. The fraction of sp³-hybridized carbons (Fsp3) is 0.333. The first kappa shape index (κ1) is 18.6. The van der Waals surface area contributed by atoms with Crippen LogP contribution in [0.2, 0.25) is 0 Å². The summed E-state index contributed by atoms with van der Waals surface area (Å²) in [6.45, 7) is 2.42. The Morgan fingerprint density at radius 1 is 1.26 bits per heavy atom. The summed E-state index contributed by atoms with van der Waals surface area (Å²) in [7, 11) is 0. The number of hydrogen-bond acceptors (Lipinski definition) is 5. The molecule has 6 nitrogen and oxygen atoms in total. The number of carbonyl (C=O) groups is 1. The van der Waals surface area contributed by atoms with E-state index in [0.717, 1.165) is 19.3 Å². The van der Waals surface area contributed by atoms with Crippen LogP contribution in [0.15, 0.2) is 42.0 Å². The number of rotatable bonds is 6. The van der Waals surface area contributed by atoms with E-state index in [0.29, 0.717) is 35.1 Å². The molecule has 1 aromatic carbocycles. The first-order valence-corrected chi connectivity index (χ1v) is 9.23. The van der Waals surface area contributed by atoms with Crippen molar-refractivity contribution in [2.75, 3.05) is 11.9 Å². The molecule has 1 aliphatic carbocycles. The van der Waals surface area contributed by atoms with Gasteiger partial charge >= 0.3 is 0 Å². The van der Waals surface area contributed by atoms with E-state index in [1.54, 1.807) is 24.3 Å². The largest absolute Gasteiger partial charge is 0.350 e. The third-order valence-corrected chi connectivity index (χ3v) is 4.50. The molecule has 0 bridgehead atoms. The van der Waals surface area contributed by atoms with E-state index in [1.807, 2.05) is 13.0 Å².